The summed E-state index contributed by atoms with van der Waals surface area (Å²) in [5.74, 6) is 0. The fraction of sp³-hybridized carbons (Fsp3) is 0.769. The zero-order valence-electron chi connectivity index (χ0n) is 11.5. The molecule has 5 heteroatoms. The minimum Gasteiger partial charge on any atom is -0.384 e. The van der Waals surface area contributed by atoms with E-state index in [0.717, 1.165) is 42.6 Å². The third-order valence-corrected chi connectivity index (χ3v) is 3.54. The molecule has 0 aromatic carbocycles. The van der Waals surface area contributed by atoms with E-state index in [2.05, 4.69) is 40.2 Å². The average molecular weight is 318 g/mol. The van der Waals surface area contributed by atoms with Crippen LogP contribution in [0.5, 0.6) is 0 Å². The number of nitrogens with zero attached hydrogens (tertiary/aromatic N) is 2. The lowest BCUT2D eigenvalue weighted by Gasteiger charge is -2.25. The second-order valence-electron chi connectivity index (χ2n) is 4.84. The van der Waals surface area contributed by atoms with Crippen LogP contribution in [0, 0.1) is 0 Å². The molecule has 0 spiro atoms. The Labute approximate surface area is 118 Å². The Morgan fingerprint density at radius 2 is 2.11 bits per heavy atom. The van der Waals surface area contributed by atoms with Gasteiger partial charge < -0.3 is 10.4 Å². The van der Waals surface area contributed by atoms with Gasteiger partial charge in [0.25, 0.3) is 0 Å². The van der Waals surface area contributed by atoms with E-state index in [0.29, 0.717) is 6.42 Å². The summed E-state index contributed by atoms with van der Waals surface area (Å²) in [6, 6.07) is 0. The second-order valence-corrected chi connectivity index (χ2v) is 5.69. The molecule has 0 aliphatic rings. The summed E-state index contributed by atoms with van der Waals surface area (Å²) in [5.41, 5.74) is 0.0215. The molecule has 1 aromatic heterocycles. The molecule has 0 aliphatic carbocycles. The van der Waals surface area contributed by atoms with Crippen LogP contribution in [0.2, 0.25) is 0 Å². The molecule has 1 unspecified atom stereocenters. The first-order valence-electron chi connectivity index (χ1n) is 6.67. The van der Waals surface area contributed by atoms with Crippen molar-refractivity contribution in [3.63, 3.8) is 0 Å². The summed E-state index contributed by atoms with van der Waals surface area (Å²) in [5, 5.41) is 18.3. The lowest BCUT2D eigenvalue weighted by molar-refractivity contribution is 0.0378. The molecule has 0 saturated heterocycles. The largest absolute Gasteiger partial charge is 0.384 e. The molecule has 0 saturated carbocycles. The highest BCUT2D eigenvalue weighted by Crippen LogP contribution is 2.30. The number of aryl methyl sites for hydroxylation is 1. The third-order valence-electron chi connectivity index (χ3n) is 2.96. The Morgan fingerprint density at radius 1 is 1.39 bits per heavy atom. The first kappa shape index (κ1) is 15.7. The van der Waals surface area contributed by atoms with E-state index in [-0.39, 0.29) is 0 Å². The van der Waals surface area contributed by atoms with E-state index >= 15 is 0 Å². The molecular weight excluding hydrogens is 294 g/mol. The van der Waals surface area contributed by atoms with Gasteiger partial charge in [0.2, 0.25) is 0 Å². The van der Waals surface area contributed by atoms with E-state index in [1.54, 1.807) is 6.20 Å². The Morgan fingerprint density at radius 3 is 2.72 bits per heavy atom. The van der Waals surface area contributed by atoms with Crippen molar-refractivity contribution in [1.29, 1.82) is 0 Å². The maximum absolute atomic E-state index is 10.6. The normalized spacial score (nSPS) is 14.7. The van der Waals surface area contributed by atoms with Gasteiger partial charge >= 0.3 is 0 Å². The molecule has 0 fully saturated rings. The first-order valence-corrected chi connectivity index (χ1v) is 7.47. The lowest BCUT2D eigenvalue weighted by Crippen LogP contribution is -2.31. The van der Waals surface area contributed by atoms with Gasteiger partial charge in [0, 0.05) is 6.54 Å². The third kappa shape index (κ3) is 4.07. The van der Waals surface area contributed by atoms with Crippen LogP contribution in [0.15, 0.2) is 10.7 Å². The van der Waals surface area contributed by atoms with E-state index in [4.69, 9.17) is 0 Å². The number of hydrogen-bond donors (Lipinski definition) is 2. The van der Waals surface area contributed by atoms with Gasteiger partial charge in [-0.05, 0) is 55.2 Å². The summed E-state index contributed by atoms with van der Waals surface area (Å²) in [4.78, 5) is 0. The van der Waals surface area contributed by atoms with Gasteiger partial charge in [0.1, 0.15) is 5.60 Å². The van der Waals surface area contributed by atoms with Gasteiger partial charge in [-0.3, -0.25) is 4.68 Å². The summed E-state index contributed by atoms with van der Waals surface area (Å²) < 4.78 is 2.78. The molecule has 2 N–H and O–H groups in total. The van der Waals surface area contributed by atoms with Crippen LogP contribution in [-0.2, 0) is 12.1 Å². The SMILES string of the molecule is CCCNCCC(C)(O)c1c(Br)cnn1CCC. The molecule has 0 bridgehead atoms. The molecule has 4 nitrogen and oxygen atoms in total. The highest BCUT2D eigenvalue weighted by molar-refractivity contribution is 9.10. The van der Waals surface area contributed by atoms with Crippen LogP contribution < -0.4 is 5.32 Å². The van der Waals surface area contributed by atoms with Gasteiger partial charge in [-0.25, -0.2) is 0 Å². The van der Waals surface area contributed by atoms with E-state index in [1.807, 2.05) is 11.6 Å². The first-order chi connectivity index (χ1) is 8.53. The molecule has 1 aromatic rings. The summed E-state index contributed by atoms with van der Waals surface area (Å²) >= 11 is 3.48. The van der Waals surface area contributed by atoms with Crippen molar-refractivity contribution in [3.05, 3.63) is 16.4 Å². The van der Waals surface area contributed by atoms with Crippen molar-refractivity contribution in [2.24, 2.45) is 0 Å². The van der Waals surface area contributed by atoms with Crippen molar-refractivity contribution in [2.75, 3.05) is 13.1 Å². The van der Waals surface area contributed by atoms with E-state index in [9.17, 15) is 5.11 Å². The number of halogens is 1. The van der Waals surface area contributed by atoms with Gasteiger partial charge in [0.05, 0.1) is 16.4 Å². The van der Waals surface area contributed by atoms with Crippen molar-refractivity contribution in [1.82, 2.24) is 15.1 Å². The summed E-state index contributed by atoms with van der Waals surface area (Å²) in [7, 11) is 0. The predicted octanol–water partition coefficient (Wildman–Crippen LogP) is 2.65. The lowest BCUT2D eigenvalue weighted by atomic mass is 9.98. The van der Waals surface area contributed by atoms with Crippen molar-refractivity contribution < 1.29 is 5.11 Å². The molecular formula is C13H24BrN3O. The van der Waals surface area contributed by atoms with Gasteiger partial charge in [-0.15, -0.1) is 0 Å². The quantitative estimate of drug-likeness (QED) is 0.725. The minimum absolute atomic E-state index is 0.682. The Bertz CT molecular complexity index is 363. The molecule has 1 rings (SSSR count). The summed E-state index contributed by atoms with van der Waals surface area (Å²) in [6.45, 7) is 8.74. The zero-order valence-corrected chi connectivity index (χ0v) is 13.1. The number of nitrogens with one attached hydrogen (secondary N) is 1. The van der Waals surface area contributed by atoms with Crippen LogP contribution in [0.25, 0.3) is 0 Å². The smallest absolute Gasteiger partial charge is 0.106 e. The zero-order chi connectivity index (χ0) is 13.6. The predicted molar refractivity (Wildman–Crippen MR) is 77.6 cm³/mol. The summed E-state index contributed by atoms with van der Waals surface area (Å²) in [6.07, 6.45) is 4.56. The molecule has 18 heavy (non-hydrogen) atoms. The topological polar surface area (TPSA) is 50.1 Å². The number of aromatic nitrogens is 2. The Balaban J connectivity index is 2.73. The van der Waals surface area contributed by atoms with Crippen molar-refractivity contribution >= 4 is 15.9 Å². The average Bonchev–Trinajstić information content (AvgIpc) is 2.67. The second kappa shape index (κ2) is 7.26. The molecule has 104 valence electrons. The fourth-order valence-corrected chi connectivity index (χ4v) is 2.75. The van der Waals surface area contributed by atoms with E-state index < -0.39 is 5.60 Å². The Kier molecular flexibility index (Phi) is 6.32. The van der Waals surface area contributed by atoms with Crippen molar-refractivity contribution in [3.8, 4) is 0 Å². The van der Waals surface area contributed by atoms with Gasteiger partial charge in [-0.2, -0.15) is 5.10 Å². The van der Waals surface area contributed by atoms with E-state index in [1.165, 1.54) is 0 Å². The highest BCUT2D eigenvalue weighted by Gasteiger charge is 2.29. The molecule has 1 atom stereocenters. The standard InChI is InChI=1S/C13H24BrN3O/c1-4-7-15-8-6-13(3,18)12-11(14)10-16-17(12)9-5-2/h10,15,18H,4-9H2,1-3H3. The van der Waals surface area contributed by atoms with Crippen molar-refractivity contribution in [2.45, 2.75) is 52.2 Å². The monoisotopic (exact) mass is 317 g/mol. The molecule has 1 heterocycles. The fourth-order valence-electron chi connectivity index (χ4n) is 2.03. The maximum atomic E-state index is 10.6. The number of rotatable bonds is 8. The minimum atomic E-state index is -0.856. The van der Waals surface area contributed by atoms with Crippen LogP contribution in [0.1, 0.15) is 45.7 Å². The van der Waals surface area contributed by atoms with Crippen LogP contribution in [-0.4, -0.2) is 28.0 Å². The van der Waals surface area contributed by atoms with Crippen LogP contribution in [0.3, 0.4) is 0 Å². The molecule has 0 aliphatic heterocycles. The highest BCUT2D eigenvalue weighted by atomic mass is 79.9. The maximum Gasteiger partial charge on any atom is 0.106 e. The van der Waals surface area contributed by atoms with Crippen LogP contribution >= 0.6 is 15.9 Å². The number of hydrogen-bond acceptors (Lipinski definition) is 3. The van der Waals surface area contributed by atoms with Gasteiger partial charge in [-0.1, -0.05) is 13.8 Å². The Hall–Kier alpha value is -0.390. The molecule has 0 amide bonds. The molecule has 0 radical (unpaired) electrons. The number of aliphatic hydroxyl groups is 1. The van der Waals surface area contributed by atoms with Crippen LogP contribution in [0.4, 0.5) is 0 Å². The van der Waals surface area contributed by atoms with Gasteiger partial charge in [0.15, 0.2) is 0 Å².